The molecule has 0 spiro atoms. The zero-order valence-corrected chi connectivity index (χ0v) is 15.8. The van der Waals surface area contributed by atoms with Crippen LogP contribution in [-0.4, -0.2) is 27.6 Å². The minimum absolute atomic E-state index is 0.138. The average molecular weight is 369 g/mol. The lowest BCUT2D eigenvalue weighted by Gasteiger charge is -2.30. The Morgan fingerprint density at radius 2 is 2.00 bits per heavy atom. The van der Waals surface area contributed by atoms with Crippen LogP contribution in [0.15, 0.2) is 22.9 Å². The minimum atomic E-state index is -0.561. The van der Waals surface area contributed by atoms with Crippen LogP contribution in [0.1, 0.15) is 73.4 Å². The van der Waals surface area contributed by atoms with Crippen LogP contribution in [0.5, 0.6) is 0 Å². The largest absolute Gasteiger partial charge is 0.370 e. The molecule has 4 rings (SSSR count). The molecule has 27 heavy (non-hydrogen) atoms. The van der Waals surface area contributed by atoms with Gasteiger partial charge in [0.25, 0.3) is 5.91 Å². The molecular formula is C20H27N5O2. The van der Waals surface area contributed by atoms with Crippen LogP contribution in [0, 0.1) is 12.8 Å². The van der Waals surface area contributed by atoms with Gasteiger partial charge in [-0.25, -0.2) is 4.98 Å². The zero-order chi connectivity index (χ0) is 18.7. The van der Waals surface area contributed by atoms with Crippen LogP contribution in [0.2, 0.25) is 0 Å². The van der Waals surface area contributed by atoms with E-state index in [1.54, 1.807) is 13.1 Å². The number of rotatable bonds is 6. The molecule has 2 aromatic heterocycles. The van der Waals surface area contributed by atoms with Crippen LogP contribution in [0.3, 0.4) is 0 Å². The fourth-order valence-corrected chi connectivity index (χ4v) is 3.72. The van der Waals surface area contributed by atoms with E-state index in [9.17, 15) is 4.79 Å². The molecule has 2 aromatic rings. The van der Waals surface area contributed by atoms with Gasteiger partial charge < -0.3 is 15.2 Å². The summed E-state index contributed by atoms with van der Waals surface area (Å²) in [6.45, 7) is 2.73. The first kappa shape index (κ1) is 17.9. The summed E-state index contributed by atoms with van der Waals surface area (Å²) in [4.78, 5) is 21.8. The summed E-state index contributed by atoms with van der Waals surface area (Å²) in [5, 5.41) is 10.7. The van der Waals surface area contributed by atoms with Crippen molar-refractivity contribution in [3.8, 4) is 0 Å². The lowest BCUT2D eigenvalue weighted by atomic mass is 9.88. The van der Waals surface area contributed by atoms with E-state index in [2.05, 4.69) is 25.8 Å². The van der Waals surface area contributed by atoms with E-state index in [0.29, 0.717) is 17.3 Å². The van der Waals surface area contributed by atoms with Crippen LogP contribution in [0.4, 0.5) is 5.82 Å². The number of anilines is 1. The molecule has 2 N–H and O–H groups in total. The van der Waals surface area contributed by atoms with Crippen molar-refractivity contribution in [2.24, 2.45) is 5.92 Å². The summed E-state index contributed by atoms with van der Waals surface area (Å²) in [7, 11) is 0. The fraction of sp³-hybridized carbons (Fsp3) is 0.600. The Kier molecular flexibility index (Phi) is 5.09. The molecule has 7 heteroatoms. The number of pyridine rings is 1. The number of nitrogens with zero attached hydrogens (tertiary/aromatic N) is 3. The lowest BCUT2D eigenvalue weighted by Crippen LogP contribution is -2.46. The number of hydrogen-bond acceptors (Lipinski definition) is 6. The topological polar surface area (TPSA) is 92.9 Å². The van der Waals surface area contributed by atoms with Crippen molar-refractivity contribution in [3.05, 3.63) is 35.6 Å². The second-order valence-electron chi connectivity index (χ2n) is 7.84. The Morgan fingerprint density at radius 3 is 2.59 bits per heavy atom. The molecule has 2 saturated carbocycles. The number of hydrogen-bond donors (Lipinski definition) is 2. The third kappa shape index (κ3) is 4.28. The molecule has 2 fully saturated rings. The molecule has 0 aliphatic heterocycles. The van der Waals surface area contributed by atoms with Crippen molar-refractivity contribution in [2.75, 3.05) is 11.9 Å². The van der Waals surface area contributed by atoms with Gasteiger partial charge in [0, 0.05) is 19.7 Å². The summed E-state index contributed by atoms with van der Waals surface area (Å²) in [6, 6.07) is 3.69. The molecule has 0 aromatic carbocycles. The molecule has 144 valence electrons. The number of amides is 1. The third-order valence-corrected chi connectivity index (χ3v) is 5.56. The fourth-order valence-electron chi connectivity index (χ4n) is 3.72. The van der Waals surface area contributed by atoms with E-state index < -0.39 is 5.54 Å². The summed E-state index contributed by atoms with van der Waals surface area (Å²) in [5.74, 6) is 2.57. The number of carbonyl (C=O) groups excluding carboxylic acids is 1. The Bertz CT molecular complexity index is 774. The van der Waals surface area contributed by atoms with Gasteiger partial charge in [-0.15, -0.1) is 0 Å². The van der Waals surface area contributed by atoms with Gasteiger partial charge in [-0.2, -0.15) is 4.98 Å². The van der Waals surface area contributed by atoms with Gasteiger partial charge in [0.05, 0.1) is 5.56 Å². The molecule has 7 nitrogen and oxygen atoms in total. The van der Waals surface area contributed by atoms with E-state index in [-0.39, 0.29) is 5.91 Å². The smallest absolute Gasteiger partial charge is 0.253 e. The number of aromatic nitrogens is 3. The van der Waals surface area contributed by atoms with Gasteiger partial charge >= 0.3 is 0 Å². The third-order valence-electron chi connectivity index (χ3n) is 5.56. The second kappa shape index (κ2) is 7.66. The maximum Gasteiger partial charge on any atom is 0.253 e. The molecule has 0 saturated heterocycles. The molecule has 0 atom stereocenters. The number of carbonyl (C=O) groups is 1. The SMILES string of the molecule is Cc1nc(C2(NC(=O)c3ccc(NCC4CC4)nc3)CCCCCC2)no1. The first-order valence-corrected chi connectivity index (χ1v) is 9.98. The quantitative estimate of drug-likeness (QED) is 0.756. The van der Waals surface area contributed by atoms with Crippen molar-refractivity contribution in [1.29, 1.82) is 0 Å². The molecule has 2 aliphatic carbocycles. The van der Waals surface area contributed by atoms with Crippen LogP contribution < -0.4 is 10.6 Å². The van der Waals surface area contributed by atoms with Gasteiger partial charge in [-0.3, -0.25) is 4.79 Å². The molecule has 0 unspecified atom stereocenters. The predicted molar refractivity (Wildman–Crippen MR) is 101 cm³/mol. The maximum absolute atomic E-state index is 12.9. The van der Waals surface area contributed by atoms with E-state index in [0.717, 1.165) is 56.8 Å². The predicted octanol–water partition coefficient (Wildman–Crippen LogP) is 3.57. The first-order valence-electron chi connectivity index (χ1n) is 9.98. The number of nitrogens with one attached hydrogen (secondary N) is 2. The van der Waals surface area contributed by atoms with E-state index >= 15 is 0 Å². The Balaban J connectivity index is 1.49. The summed E-state index contributed by atoms with van der Waals surface area (Å²) < 4.78 is 5.20. The van der Waals surface area contributed by atoms with E-state index in [4.69, 9.17) is 4.52 Å². The lowest BCUT2D eigenvalue weighted by molar-refractivity contribution is 0.0876. The van der Waals surface area contributed by atoms with Crippen molar-refractivity contribution in [3.63, 3.8) is 0 Å². The standard InChI is InChI=1S/C20H27N5O2/c1-14-23-19(25-27-14)20(10-4-2-3-5-11-20)24-18(26)16-8-9-17(22-13-16)21-12-15-6-7-15/h8-9,13,15H,2-7,10-12H2,1H3,(H,21,22)(H,24,26). The van der Waals surface area contributed by atoms with Gasteiger partial charge in [-0.1, -0.05) is 30.8 Å². The Labute approximate surface area is 159 Å². The number of aryl methyl sites for hydroxylation is 1. The highest BCUT2D eigenvalue weighted by Crippen LogP contribution is 2.35. The Morgan fingerprint density at radius 1 is 1.22 bits per heavy atom. The average Bonchev–Trinajstić information content (AvgIpc) is 3.45. The molecule has 0 bridgehead atoms. The molecule has 0 radical (unpaired) electrons. The van der Waals surface area contributed by atoms with Gasteiger partial charge in [-0.05, 0) is 43.7 Å². The monoisotopic (exact) mass is 369 g/mol. The second-order valence-corrected chi connectivity index (χ2v) is 7.84. The Hall–Kier alpha value is -2.44. The maximum atomic E-state index is 12.9. The van der Waals surface area contributed by atoms with Crippen molar-refractivity contribution < 1.29 is 9.32 Å². The first-order chi connectivity index (χ1) is 13.1. The molecule has 1 amide bonds. The summed E-state index contributed by atoms with van der Waals surface area (Å²) in [6.07, 6.45) is 10.3. The van der Waals surface area contributed by atoms with Crippen LogP contribution in [-0.2, 0) is 5.54 Å². The minimum Gasteiger partial charge on any atom is -0.370 e. The summed E-state index contributed by atoms with van der Waals surface area (Å²) in [5.41, 5.74) is -0.00960. The molecule has 2 aliphatic rings. The van der Waals surface area contributed by atoms with Gasteiger partial charge in [0.15, 0.2) is 5.82 Å². The van der Waals surface area contributed by atoms with E-state index in [1.807, 2.05) is 12.1 Å². The van der Waals surface area contributed by atoms with Gasteiger partial charge in [0.1, 0.15) is 11.4 Å². The van der Waals surface area contributed by atoms with Crippen molar-refractivity contribution in [1.82, 2.24) is 20.4 Å². The van der Waals surface area contributed by atoms with Crippen LogP contribution >= 0.6 is 0 Å². The molecule has 2 heterocycles. The van der Waals surface area contributed by atoms with Crippen LogP contribution in [0.25, 0.3) is 0 Å². The van der Waals surface area contributed by atoms with Crippen molar-refractivity contribution in [2.45, 2.75) is 63.8 Å². The highest BCUT2D eigenvalue weighted by Gasteiger charge is 2.39. The molecular weight excluding hydrogens is 342 g/mol. The van der Waals surface area contributed by atoms with Crippen molar-refractivity contribution >= 4 is 11.7 Å². The summed E-state index contributed by atoms with van der Waals surface area (Å²) >= 11 is 0. The highest BCUT2D eigenvalue weighted by atomic mass is 16.5. The zero-order valence-electron chi connectivity index (χ0n) is 15.8. The van der Waals surface area contributed by atoms with Gasteiger partial charge in [0.2, 0.25) is 5.89 Å². The highest BCUT2D eigenvalue weighted by molar-refractivity contribution is 5.94. The van der Waals surface area contributed by atoms with E-state index in [1.165, 1.54) is 12.8 Å². The normalized spacial score (nSPS) is 19.3.